The van der Waals surface area contributed by atoms with Gasteiger partial charge in [-0.3, -0.25) is 10.0 Å². The average molecular weight is 285 g/mol. The van der Waals surface area contributed by atoms with Crippen molar-refractivity contribution < 1.29 is 14.7 Å². The predicted molar refractivity (Wildman–Crippen MR) is 77.2 cm³/mol. The highest BCUT2D eigenvalue weighted by Crippen LogP contribution is 2.33. The van der Waals surface area contributed by atoms with Crippen LogP contribution in [0.2, 0.25) is 0 Å². The highest BCUT2D eigenvalue weighted by molar-refractivity contribution is 5.98. The van der Waals surface area contributed by atoms with E-state index >= 15 is 0 Å². The van der Waals surface area contributed by atoms with E-state index < -0.39 is 11.9 Å². The van der Waals surface area contributed by atoms with Gasteiger partial charge < -0.3 is 10.5 Å². The van der Waals surface area contributed by atoms with Crippen molar-refractivity contribution in [2.24, 2.45) is 5.73 Å². The van der Waals surface area contributed by atoms with Gasteiger partial charge in [0, 0.05) is 11.8 Å². The molecular formula is C15H15N3O3. The molecule has 6 heteroatoms. The molecule has 2 aromatic rings. The van der Waals surface area contributed by atoms with E-state index in [1.165, 1.54) is 0 Å². The van der Waals surface area contributed by atoms with Crippen LogP contribution in [0.25, 0.3) is 11.1 Å². The van der Waals surface area contributed by atoms with Crippen molar-refractivity contribution in [1.82, 2.24) is 4.98 Å². The third-order valence-corrected chi connectivity index (χ3v) is 3.55. The zero-order valence-electron chi connectivity index (χ0n) is 11.5. The van der Waals surface area contributed by atoms with Crippen molar-refractivity contribution >= 4 is 11.6 Å². The second kappa shape index (κ2) is 5.16. The maximum atomic E-state index is 11.7. The molecule has 1 aliphatic rings. The largest absolute Gasteiger partial charge is 0.481 e. The van der Waals surface area contributed by atoms with Crippen LogP contribution >= 0.6 is 0 Å². The summed E-state index contributed by atoms with van der Waals surface area (Å²) in [5, 5.41) is 10.4. The predicted octanol–water partition coefficient (Wildman–Crippen LogP) is 1.36. The van der Waals surface area contributed by atoms with Crippen LogP contribution in [0, 0.1) is 0 Å². The van der Waals surface area contributed by atoms with Crippen LogP contribution < -0.4 is 15.5 Å². The molecule has 0 spiro atoms. The number of hydroxylamine groups is 1. The first-order valence-corrected chi connectivity index (χ1v) is 6.52. The van der Waals surface area contributed by atoms with E-state index in [1.54, 1.807) is 19.4 Å². The molecule has 0 bridgehead atoms. The lowest BCUT2D eigenvalue weighted by atomic mass is 9.95. The Balaban J connectivity index is 2.08. The molecule has 3 rings (SSSR count). The Labute approximate surface area is 121 Å². The number of hydrogen-bond acceptors (Lipinski definition) is 5. The number of carbonyl (C=O) groups excluding carboxylic acids is 1. The summed E-state index contributed by atoms with van der Waals surface area (Å²) in [6.45, 7) is 0. The molecule has 3 N–H and O–H groups in total. The fourth-order valence-electron chi connectivity index (χ4n) is 2.50. The van der Waals surface area contributed by atoms with E-state index in [2.05, 4.69) is 4.98 Å². The number of fused-ring (bicyclic) bond motifs is 1. The SMILES string of the molecule is COc1ncccc1-c1ccc2c(c1)C[C@H](N)C(=O)N2O. The first-order chi connectivity index (χ1) is 10.1. The summed E-state index contributed by atoms with van der Waals surface area (Å²) in [5.74, 6) is 0.0312. The van der Waals surface area contributed by atoms with Crippen LogP contribution in [0.3, 0.4) is 0 Å². The van der Waals surface area contributed by atoms with E-state index in [1.807, 2.05) is 24.3 Å². The van der Waals surface area contributed by atoms with Crippen molar-refractivity contribution in [1.29, 1.82) is 0 Å². The van der Waals surface area contributed by atoms with E-state index in [-0.39, 0.29) is 0 Å². The van der Waals surface area contributed by atoms with Gasteiger partial charge >= 0.3 is 0 Å². The Morgan fingerprint density at radius 2 is 2.24 bits per heavy atom. The van der Waals surface area contributed by atoms with Crippen molar-refractivity contribution in [2.75, 3.05) is 12.2 Å². The Bertz CT molecular complexity index is 702. The van der Waals surface area contributed by atoms with Gasteiger partial charge in [-0.2, -0.15) is 5.06 Å². The Hall–Kier alpha value is -2.44. The van der Waals surface area contributed by atoms with E-state index in [4.69, 9.17) is 10.5 Å². The number of ether oxygens (including phenoxy) is 1. The number of methoxy groups -OCH3 is 1. The number of rotatable bonds is 2. The van der Waals surface area contributed by atoms with Crippen LogP contribution in [0.1, 0.15) is 5.56 Å². The molecule has 2 heterocycles. The second-order valence-electron chi connectivity index (χ2n) is 4.86. The summed E-state index contributed by atoms with van der Waals surface area (Å²) < 4.78 is 5.25. The average Bonchev–Trinajstić information content (AvgIpc) is 2.52. The Morgan fingerprint density at radius 3 is 3.00 bits per heavy atom. The first-order valence-electron chi connectivity index (χ1n) is 6.52. The zero-order valence-corrected chi connectivity index (χ0v) is 11.5. The summed E-state index contributed by atoms with van der Waals surface area (Å²) >= 11 is 0. The van der Waals surface area contributed by atoms with Crippen molar-refractivity contribution in [3.05, 3.63) is 42.1 Å². The minimum atomic E-state index is -0.728. The molecule has 108 valence electrons. The molecule has 1 aromatic heterocycles. The number of aromatic nitrogens is 1. The maximum Gasteiger partial charge on any atom is 0.267 e. The molecular weight excluding hydrogens is 270 g/mol. The molecule has 0 fully saturated rings. The molecule has 0 unspecified atom stereocenters. The fourth-order valence-corrected chi connectivity index (χ4v) is 2.50. The van der Waals surface area contributed by atoms with Crippen molar-refractivity contribution in [3.63, 3.8) is 0 Å². The van der Waals surface area contributed by atoms with E-state index in [0.717, 1.165) is 16.7 Å². The molecule has 1 aromatic carbocycles. The number of hydrogen-bond donors (Lipinski definition) is 2. The summed E-state index contributed by atoms with van der Waals surface area (Å²) in [5.41, 5.74) is 8.76. The van der Waals surface area contributed by atoms with Gasteiger partial charge in [0.2, 0.25) is 5.88 Å². The van der Waals surface area contributed by atoms with Gasteiger partial charge in [0.15, 0.2) is 0 Å². The number of pyridine rings is 1. The number of benzene rings is 1. The minimum absolute atomic E-state index is 0.391. The Kier molecular flexibility index (Phi) is 3.32. The number of nitrogens with two attached hydrogens (primary N) is 1. The molecule has 1 atom stereocenters. The second-order valence-corrected chi connectivity index (χ2v) is 4.86. The summed E-state index contributed by atoms with van der Waals surface area (Å²) in [6.07, 6.45) is 2.05. The first kappa shape index (κ1) is 13.5. The van der Waals surface area contributed by atoms with Crippen LogP contribution in [-0.2, 0) is 11.2 Å². The monoisotopic (exact) mass is 285 g/mol. The lowest BCUT2D eigenvalue weighted by Gasteiger charge is -2.28. The smallest absolute Gasteiger partial charge is 0.267 e. The number of nitrogens with zero attached hydrogens (tertiary/aromatic N) is 2. The Morgan fingerprint density at radius 1 is 1.43 bits per heavy atom. The van der Waals surface area contributed by atoms with Gasteiger partial charge in [0.25, 0.3) is 5.91 Å². The minimum Gasteiger partial charge on any atom is -0.481 e. The number of anilines is 1. The molecule has 0 saturated carbocycles. The van der Waals surface area contributed by atoms with Crippen LogP contribution in [0.4, 0.5) is 5.69 Å². The highest BCUT2D eigenvalue weighted by Gasteiger charge is 2.29. The van der Waals surface area contributed by atoms with E-state index in [0.29, 0.717) is 23.1 Å². The summed E-state index contributed by atoms with van der Waals surface area (Å²) in [7, 11) is 1.56. The zero-order chi connectivity index (χ0) is 15.0. The number of carbonyl (C=O) groups is 1. The lowest BCUT2D eigenvalue weighted by Crippen LogP contribution is -2.47. The van der Waals surface area contributed by atoms with Crippen LogP contribution in [-0.4, -0.2) is 29.3 Å². The van der Waals surface area contributed by atoms with Gasteiger partial charge in [-0.05, 0) is 41.8 Å². The van der Waals surface area contributed by atoms with Crippen LogP contribution in [0.5, 0.6) is 5.88 Å². The normalized spacial score (nSPS) is 17.6. The van der Waals surface area contributed by atoms with Crippen LogP contribution in [0.15, 0.2) is 36.5 Å². The van der Waals surface area contributed by atoms with E-state index in [9.17, 15) is 10.0 Å². The molecule has 0 aliphatic carbocycles. The number of amides is 1. The van der Waals surface area contributed by atoms with Crippen molar-refractivity contribution in [3.8, 4) is 17.0 Å². The summed E-state index contributed by atoms with van der Waals surface area (Å²) in [4.78, 5) is 15.8. The molecule has 21 heavy (non-hydrogen) atoms. The lowest BCUT2D eigenvalue weighted by molar-refractivity contribution is -0.125. The molecule has 6 nitrogen and oxygen atoms in total. The molecule has 1 amide bonds. The molecule has 0 radical (unpaired) electrons. The van der Waals surface area contributed by atoms with Gasteiger partial charge in [0.05, 0.1) is 18.8 Å². The third kappa shape index (κ3) is 2.24. The molecule has 1 aliphatic heterocycles. The van der Waals surface area contributed by atoms with Gasteiger partial charge in [-0.25, -0.2) is 4.98 Å². The van der Waals surface area contributed by atoms with Gasteiger partial charge in [0.1, 0.15) is 0 Å². The quantitative estimate of drug-likeness (QED) is 0.813. The fraction of sp³-hybridized carbons (Fsp3) is 0.200. The summed E-state index contributed by atoms with van der Waals surface area (Å²) in [6, 6.07) is 8.40. The standard InChI is InChI=1S/C15H15N3O3/c1-21-14-11(3-2-6-17-14)9-4-5-13-10(7-9)8-12(16)15(19)18(13)20/h2-7,12,20H,8,16H2,1H3/t12-/m0/s1. The van der Waals surface area contributed by atoms with Crippen molar-refractivity contribution in [2.45, 2.75) is 12.5 Å². The highest BCUT2D eigenvalue weighted by atomic mass is 16.5. The van der Waals surface area contributed by atoms with Gasteiger partial charge in [-0.1, -0.05) is 6.07 Å². The third-order valence-electron chi connectivity index (χ3n) is 3.55. The topological polar surface area (TPSA) is 88.7 Å². The van der Waals surface area contributed by atoms with Gasteiger partial charge in [-0.15, -0.1) is 0 Å². The maximum absolute atomic E-state index is 11.7. The molecule has 0 saturated heterocycles.